The summed E-state index contributed by atoms with van der Waals surface area (Å²) in [6, 6.07) is -0.0259. The summed E-state index contributed by atoms with van der Waals surface area (Å²) in [5.74, 6) is -0.186. The first-order chi connectivity index (χ1) is 9.72. The molecule has 0 fully saturated rings. The highest BCUT2D eigenvalue weighted by atomic mass is 35.5. The Bertz CT molecular complexity index is 497. The van der Waals surface area contributed by atoms with Gasteiger partial charge in [0.25, 0.3) is 5.91 Å². The first-order valence-electron chi connectivity index (χ1n) is 6.92. The number of hydrogen-bond donors (Lipinski definition) is 1. The van der Waals surface area contributed by atoms with Crippen molar-refractivity contribution in [2.24, 2.45) is 0 Å². The van der Waals surface area contributed by atoms with E-state index < -0.39 is 5.38 Å². The fourth-order valence-corrected chi connectivity index (χ4v) is 1.84. The molecule has 1 aromatic rings. The minimum absolute atomic E-state index is 0.0171. The van der Waals surface area contributed by atoms with Crippen LogP contribution in [0.4, 0.5) is 0 Å². The van der Waals surface area contributed by atoms with Crippen LogP contribution in [-0.4, -0.2) is 39.2 Å². The molecule has 0 radical (unpaired) electrons. The summed E-state index contributed by atoms with van der Waals surface area (Å²) in [7, 11) is 0. The number of amides is 2. The number of oxazole rings is 1. The maximum atomic E-state index is 12.0. The molecule has 0 aliphatic carbocycles. The Kier molecular flexibility index (Phi) is 6.20. The monoisotopic (exact) mass is 315 g/mol. The number of aromatic nitrogens is 1. The second-order valence-electron chi connectivity index (χ2n) is 5.43. The van der Waals surface area contributed by atoms with Gasteiger partial charge in [-0.25, -0.2) is 4.98 Å². The lowest BCUT2D eigenvalue weighted by Gasteiger charge is -2.26. The van der Waals surface area contributed by atoms with Crippen LogP contribution in [0, 0.1) is 0 Å². The summed E-state index contributed by atoms with van der Waals surface area (Å²) in [5.41, 5.74) is 0.203. The molecule has 1 N–H and O–H groups in total. The van der Waals surface area contributed by atoms with E-state index in [1.54, 1.807) is 11.8 Å². The molecule has 2 amide bonds. The zero-order chi connectivity index (χ0) is 16.2. The number of alkyl halides is 1. The van der Waals surface area contributed by atoms with Gasteiger partial charge in [-0.15, -0.1) is 11.6 Å². The molecule has 1 atom stereocenters. The lowest BCUT2D eigenvalue weighted by molar-refractivity contribution is -0.133. The van der Waals surface area contributed by atoms with Crippen molar-refractivity contribution in [2.75, 3.05) is 0 Å². The number of nitrogens with one attached hydrogen (secondary N) is 1. The van der Waals surface area contributed by atoms with Crippen LogP contribution < -0.4 is 5.32 Å². The average Bonchev–Trinajstić information content (AvgIpc) is 2.82. The van der Waals surface area contributed by atoms with E-state index in [1.807, 2.05) is 27.7 Å². The maximum absolute atomic E-state index is 12.0. The molecule has 1 aromatic heterocycles. The largest absolute Gasteiger partial charge is 0.446 e. The fourth-order valence-electron chi connectivity index (χ4n) is 1.71. The molecule has 1 unspecified atom stereocenters. The van der Waals surface area contributed by atoms with Crippen LogP contribution in [0.15, 0.2) is 10.7 Å². The molecular formula is C14H22ClN3O3. The van der Waals surface area contributed by atoms with E-state index in [4.69, 9.17) is 16.0 Å². The van der Waals surface area contributed by atoms with Crippen molar-refractivity contribution in [3.8, 4) is 0 Å². The molecule has 0 aliphatic heterocycles. The highest BCUT2D eigenvalue weighted by Gasteiger charge is 2.24. The molecule has 0 spiro atoms. The summed E-state index contributed by atoms with van der Waals surface area (Å²) in [6.07, 6.45) is 1.29. The van der Waals surface area contributed by atoms with E-state index in [-0.39, 0.29) is 36.1 Å². The van der Waals surface area contributed by atoms with Gasteiger partial charge in [-0.05, 0) is 34.6 Å². The predicted octanol–water partition coefficient (Wildman–Crippen LogP) is 2.18. The molecular weight excluding hydrogens is 294 g/mol. The third-order valence-electron chi connectivity index (χ3n) is 2.76. The van der Waals surface area contributed by atoms with Gasteiger partial charge in [-0.1, -0.05) is 0 Å². The Labute approximate surface area is 129 Å². The first-order valence-corrected chi connectivity index (χ1v) is 7.35. The van der Waals surface area contributed by atoms with E-state index in [0.29, 0.717) is 5.89 Å². The van der Waals surface area contributed by atoms with Gasteiger partial charge in [0, 0.05) is 12.1 Å². The van der Waals surface area contributed by atoms with E-state index in [9.17, 15) is 9.59 Å². The maximum Gasteiger partial charge on any atom is 0.273 e. The quantitative estimate of drug-likeness (QED) is 0.816. The van der Waals surface area contributed by atoms with Crippen molar-refractivity contribution in [1.82, 2.24) is 15.2 Å². The lowest BCUT2D eigenvalue weighted by atomic mass is 10.2. The Morgan fingerprint density at radius 2 is 1.95 bits per heavy atom. The van der Waals surface area contributed by atoms with Crippen molar-refractivity contribution in [1.29, 1.82) is 0 Å². The number of carbonyl (C=O) groups excluding carboxylic acids is 2. The Hall–Kier alpha value is -1.56. The van der Waals surface area contributed by atoms with Crippen LogP contribution in [-0.2, 0) is 11.3 Å². The Balaban J connectivity index is 2.80. The van der Waals surface area contributed by atoms with Crippen LogP contribution in [0.2, 0.25) is 0 Å². The summed E-state index contributed by atoms with van der Waals surface area (Å²) in [6.45, 7) is 9.29. The van der Waals surface area contributed by atoms with Crippen molar-refractivity contribution in [3.05, 3.63) is 17.8 Å². The van der Waals surface area contributed by atoms with E-state index in [2.05, 4.69) is 10.3 Å². The van der Waals surface area contributed by atoms with Gasteiger partial charge in [0.05, 0.1) is 6.54 Å². The van der Waals surface area contributed by atoms with Crippen molar-refractivity contribution < 1.29 is 14.0 Å². The normalized spacial score (nSPS) is 12.6. The van der Waals surface area contributed by atoms with Crippen LogP contribution in [0.5, 0.6) is 0 Å². The predicted molar refractivity (Wildman–Crippen MR) is 80.1 cm³/mol. The molecule has 0 bridgehead atoms. The van der Waals surface area contributed by atoms with E-state index in [1.165, 1.54) is 6.26 Å². The standard InChI is InChI=1S/C14H22ClN3O3/c1-8(2)16-13(19)11-7-21-12(17-11)6-18(9(3)4)14(20)10(5)15/h7-10H,6H2,1-5H3,(H,16,19). The highest BCUT2D eigenvalue weighted by molar-refractivity contribution is 6.30. The third kappa shape index (κ3) is 5.04. The fraction of sp³-hybridized carbons (Fsp3) is 0.643. The highest BCUT2D eigenvalue weighted by Crippen LogP contribution is 2.12. The summed E-state index contributed by atoms with van der Waals surface area (Å²) >= 11 is 5.84. The number of halogens is 1. The van der Waals surface area contributed by atoms with Crippen molar-refractivity contribution in [2.45, 2.75) is 58.6 Å². The molecule has 1 rings (SSSR count). The van der Waals surface area contributed by atoms with Gasteiger partial charge in [-0.3, -0.25) is 9.59 Å². The molecule has 21 heavy (non-hydrogen) atoms. The molecule has 0 aromatic carbocycles. The molecule has 0 aliphatic rings. The van der Waals surface area contributed by atoms with Crippen LogP contribution in [0.25, 0.3) is 0 Å². The van der Waals surface area contributed by atoms with Gasteiger partial charge in [0.1, 0.15) is 11.6 Å². The number of carbonyl (C=O) groups is 2. The first kappa shape index (κ1) is 17.5. The second-order valence-corrected chi connectivity index (χ2v) is 6.09. The summed E-state index contributed by atoms with van der Waals surface area (Å²) in [4.78, 5) is 29.5. The Morgan fingerprint density at radius 3 is 2.43 bits per heavy atom. The van der Waals surface area contributed by atoms with Crippen LogP contribution >= 0.6 is 11.6 Å². The Morgan fingerprint density at radius 1 is 1.33 bits per heavy atom. The molecule has 6 nitrogen and oxygen atoms in total. The van der Waals surface area contributed by atoms with Crippen molar-refractivity contribution in [3.63, 3.8) is 0 Å². The number of rotatable bonds is 6. The summed E-state index contributed by atoms with van der Waals surface area (Å²) in [5, 5.41) is 2.11. The average molecular weight is 316 g/mol. The van der Waals surface area contributed by atoms with E-state index in [0.717, 1.165) is 0 Å². The molecule has 7 heteroatoms. The molecule has 1 heterocycles. The lowest BCUT2D eigenvalue weighted by Crippen LogP contribution is -2.40. The van der Waals surface area contributed by atoms with Gasteiger partial charge in [0.15, 0.2) is 5.69 Å². The van der Waals surface area contributed by atoms with Gasteiger partial charge < -0.3 is 14.6 Å². The van der Waals surface area contributed by atoms with Crippen LogP contribution in [0.1, 0.15) is 51.0 Å². The van der Waals surface area contributed by atoms with Gasteiger partial charge >= 0.3 is 0 Å². The smallest absolute Gasteiger partial charge is 0.273 e. The molecule has 0 saturated carbocycles. The second kappa shape index (κ2) is 7.45. The molecule has 0 saturated heterocycles. The third-order valence-corrected chi connectivity index (χ3v) is 2.94. The SMILES string of the molecule is CC(C)NC(=O)c1coc(CN(C(=O)C(C)Cl)C(C)C)n1. The number of nitrogens with zero attached hydrogens (tertiary/aromatic N) is 2. The topological polar surface area (TPSA) is 75.4 Å². The minimum Gasteiger partial charge on any atom is -0.446 e. The zero-order valence-corrected chi connectivity index (χ0v) is 13.8. The zero-order valence-electron chi connectivity index (χ0n) is 13.0. The van der Waals surface area contributed by atoms with Gasteiger partial charge in [0.2, 0.25) is 11.8 Å². The minimum atomic E-state index is -0.619. The van der Waals surface area contributed by atoms with Gasteiger partial charge in [-0.2, -0.15) is 0 Å². The number of hydrogen-bond acceptors (Lipinski definition) is 4. The van der Waals surface area contributed by atoms with Crippen molar-refractivity contribution >= 4 is 23.4 Å². The van der Waals surface area contributed by atoms with Crippen LogP contribution in [0.3, 0.4) is 0 Å². The van der Waals surface area contributed by atoms with E-state index >= 15 is 0 Å². The molecule has 118 valence electrons. The summed E-state index contributed by atoms with van der Waals surface area (Å²) < 4.78 is 5.27.